The highest BCUT2D eigenvalue weighted by Crippen LogP contribution is 2.48. The van der Waals surface area contributed by atoms with E-state index in [0.717, 1.165) is 4.88 Å². The van der Waals surface area contributed by atoms with Gasteiger partial charge in [-0.1, -0.05) is 0 Å². The normalized spacial score (nSPS) is 29.3. The summed E-state index contributed by atoms with van der Waals surface area (Å²) in [5.74, 6) is -4.61. The van der Waals surface area contributed by atoms with Crippen LogP contribution < -0.4 is 0 Å². The molecular formula is C18H24O6S. The molecule has 1 aliphatic carbocycles. The van der Waals surface area contributed by atoms with Crippen molar-refractivity contribution in [1.82, 2.24) is 0 Å². The first-order chi connectivity index (χ1) is 11.7. The van der Waals surface area contributed by atoms with E-state index in [0.29, 0.717) is 4.88 Å². The predicted molar refractivity (Wildman–Crippen MR) is 92.3 cm³/mol. The minimum atomic E-state index is -1.59. The van der Waals surface area contributed by atoms with Crippen molar-refractivity contribution in [1.29, 1.82) is 0 Å². The maximum Gasteiger partial charge on any atom is 0.317 e. The highest BCUT2D eigenvalue weighted by atomic mass is 32.1. The van der Waals surface area contributed by atoms with Crippen molar-refractivity contribution >= 4 is 29.1 Å². The zero-order valence-corrected chi connectivity index (χ0v) is 15.7. The lowest BCUT2D eigenvalue weighted by molar-refractivity contribution is -0.172. The van der Waals surface area contributed by atoms with Gasteiger partial charge in [0.25, 0.3) is 0 Å². The molecule has 2 rings (SSSR count). The summed E-state index contributed by atoms with van der Waals surface area (Å²) in [6.07, 6.45) is -0.291. The average Bonchev–Trinajstić information content (AvgIpc) is 2.92. The van der Waals surface area contributed by atoms with Crippen molar-refractivity contribution in [2.75, 3.05) is 13.2 Å². The highest BCUT2D eigenvalue weighted by Gasteiger charge is 2.57. The van der Waals surface area contributed by atoms with Crippen LogP contribution in [0.5, 0.6) is 0 Å². The number of hydrogen-bond acceptors (Lipinski definition) is 7. The minimum absolute atomic E-state index is 0.138. The molecule has 1 N–H and O–H groups in total. The van der Waals surface area contributed by atoms with Gasteiger partial charge in [0.2, 0.25) is 0 Å². The number of carbonyl (C=O) groups is 3. The molecule has 0 aliphatic heterocycles. The lowest BCUT2D eigenvalue weighted by atomic mass is 9.63. The van der Waals surface area contributed by atoms with Crippen molar-refractivity contribution in [2.24, 2.45) is 11.8 Å². The van der Waals surface area contributed by atoms with E-state index in [4.69, 9.17) is 9.47 Å². The van der Waals surface area contributed by atoms with E-state index in [2.05, 4.69) is 0 Å². The first-order valence-electron chi connectivity index (χ1n) is 8.37. The maximum atomic E-state index is 12.6. The largest absolute Gasteiger partial charge is 0.466 e. The summed E-state index contributed by atoms with van der Waals surface area (Å²) in [4.78, 5) is 39.4. The second-order valence-electron chi connectivity index (χ2n) is 6.43. The molecule has 1 saturated carbocycles. The number of ketones is 1. The standard InChI is InChI=1S/C18H24O6S/c1-5-23-16(20)13-11(19)9-18(4,22)15(17(21)24-6-2)14(13)12-8-7-10(3)25-12/h7-8,13-15,22H,5-6,9H2,1-4H3/t13-,14+,15+,18-/m0/s1. The Hall–Kier alpha value is -1.73. The van der Waals surface area contributed by atoms with E-state index in [9.17, 15) is 19.5 Å². The Kier molecular flexibility index (Phi) is 6.00. The fraction of sp³-hybridized carbons (Fsp3) is 0.611. The molecule has 7 heteroatoms. The lowest BCUT2D eigenvalue weighted by Gasteiger charge is -2.43. The van der Waals surface area contributed by atoms with Gasteiger partial charge in [0, 0.05) is 22.1 Å². The van der Waals surface area contributed by atoms with Gasteiger partial charge >= 0.3 is 11.9 Å². The van der Waals surface area contributed by atoms with Gasteiger partial charge in [-0.25, -0.2) is 0 Å². The number of thiophene rings is 1. The first kappa shape index (κ1) is 19.6. The van der Waals surface area contributed by atoms with E-state index >= 15 is 0 Å². The van der Waals surface area contributed by atoms with Gasteiger partial charge in [-0.2, -0.15) is 0 Å². The molecule has 0 spiro atoms. The third-order valence-electron chi connectivity index (χ3n) is 4.44. The summed E-state index contributed by atoms with van der Waals surface area (Å²) in [6.45, 7) is 6.97. The molecule has 0 unspecified atom stereocenters. The zero-order chi connectivity index (χ0) is 18.8. The van der Waals surface area contributed by atoms with Gasteiger partial charge in [-0.3, -0.25) is 14.4 Å². The van der Waals surface area contributed by atoms with Gasteiger partial charge in [-0.05, 0) is 39.8 Å². The lowest BCUT2D eigenvalue weighted by Crippen LogP contribution is -2.55. The second kappa shape index (κ2) is 7.66. The molecule has 0 amide bonds. The van der Waals surface area contributed by atoms with Crippen LogP contribution in [0, 0.1) is 18.8 Å². The molecule has 0 aromatic carbocycles. The van der Waals surface area contributed by atoms with Crippen molar-refractivity contribution < 1.29 is 29.0 Å². The summed E-state index contributed by atoms with van der Waals surface area (Å²) in [5.41, 5.74) is -1.59. The average molecular weight is 368 g/mol. The Labute approximate surface area is 151 Å². The van der Waals surface area contributed by atoms with E-state index in [-0.39, 0.29) is 19.6 Å². The third kappa shape index (κ3) is 3.93. The number of esters is 2. The van der Waals surface area contributed by atoms with E-state index in [1.165, 1.54) is 18.3 Å². The zero-order valence-electron chi connectivity index (χ0n) is 14.9. The molecule has 138 valence electrons. The minimum Gasteiger partial charge on any atom is -0.466 e. The molecule has 0 saturated heterocycles. The molecular weight excluding hydrogens is 344 g/mol. The molecule has 6 nitrogen and oxygen atoms in total. The maximum absolute atomic E-state index is 12.6. The molecule has 1 aromatic heterocycles. The number of rotatable bonds is 5. The highest BCUT2D eigenvalue weighted by molar-refractivity contribution is 7.12. The number of Topliss-reactive ketones (excluding diaryl/α,β-unsaturated/α-hetero) is 1. The predicted octanol–water partition coefficient (Wildman–Crippen LogP) is 2.22. The molecule has 25 heavy (non-hydrogen) atoms. The topological polar surface area (TPSA) is 89.9 Å². The van der Waals surface area contributed by atoms with Crippen molar-refractivity contribution in [3.05, 3.63) is 21.9 Å². The van der Waals surface area contributed by atoms with Crippen LogP contribution in [0.3, 0.4) is 0 Å². The molecule has 0 radical (unpaired) electrons. The molecule has 1 aromatic rings. The fourth-order valence-electron chi connectivity index (χ4n) is 3.46. The Morgan fingerprint density at radius 3 is 2.36 bits per heavy atom. The van der Waals surface area contributed by atoms with Crippen LogP contribution in [-0.4, -0.2) is 41.6 Å². The Bertz CT molecular complexity index is 662. The SMILES string of the molecule is CCOC(=O)[C@H]1C(=O)C[C@](C)(O)[C@@H](C(=O)OCC)[C@@H]1c1ccc(C)s1. The number of aliphatic hydroxyl groups is 1. The number of ether oxygens (including phenoxy) is 2. The van der Waals surface area contributed by atoms with Gasteiger partial charge < -0.3 is 14.6 Å². The molecule has 4 atom stereocenters. The first-order valence-corrected chi connectivity index (χ1v) is 9.19. The number of aryl methyl sites for hydroxylation is 1. The van der Waals surface area contributed by atoms with Crippen LogP contribution in [0.15, 0.2) is 12.1 Å². The summed E-state index contributed by atoms with van der Waals surface area (Å²) in [5, 5.41) is 10.8. The molecule has 1 aliphatic rings. The van der Waals surface area contributed by atoms with Gasteiger partial charge in [0.15, 0.2) is 5.78 Å². The van der Waals surface area contributed by atoms with Crippen LogP contribution in [0.1, 0.15) is 42.9 Å². The van der Waals surface area contributed by atoms with Crippen molar-refractivity contribution in [2.45, 2.75) is 45.6 Å². The Morgan fingerprint density at radius 1 is 1.24 bits per heavy atom. The van der Waals surface area contributed by atoms with Gasteiger partial charge in [0.05, 0.1) is 24.7 Å². The van der Waals surface area contributed by atoms with Crippen LogP contribution in [0.2, 0.25) is 0 Å². The summed E-state index contributed by atoms with van der Waals surface area (Å²) >= 11 is 1.40. The Morgan fingerprint density at radius 2 is 1.84 bits per heavy atom. The van der Waals surface area contributed by atoms with Crippen LogP contribution in [0.25, 0.3) is 0 Å². The number of carbonyl (C=O) groups excluding carboxylic acids is 3. The molecule has 0 bridgehead atoms. The summed E-state index contributed by atoms with van der Waals surface area (Å²) < 4.78 is 10.2. The van der Waals surface area contributed by atoms with E-state index in [1.807, 2.05) is 13.0 Å². The summed E-state index contributed by atoms with van der Waals surface area (Å²) in [7, 11) is 0. The van der Waals surface area contributed by atoms with Crippen LogP contribution in [0.4, 0.5) is 0 Å². The van der Waals surface area contributed by atoms with Gasteiger partial charge in [-0.15, -0.1) is 11.3 Å². The van der Waals surface area contributed by atoms with Crippen molar-refractivity contribution in [3.8, 4) is 0 Å². The number of hydrogen-bond donors (Lipinski definition) is 1. The van der Waals surface area contributed by atoms with E-state index < -0.39 is 41.1 Å². The molecule has 1 fully saturated rings. The summed E-state index contributed by atoms with van der Waals surface area (Å²) in [6, 6.07) is 3.65. The molecule has 1 heterocycles. The smallest absolute Gasteiger partial charge is 0.317 e. The van der Waals surface area contributed by atoms with Crippen LogP contribution in [-0.2, 0) is 23.9 Å². The monoisotopic (exact) mass is 368 g/mol. The van der Waals surface area contributed by atoms with Gasteiger partial charge in [0.1, 0.15) is 5.92 Å². The van der Waals surface area contributed by atoms with Crippen LogP contribution >= 0.6 is 11.3 Å². The Balaban J connectivity index is 2.56. The van der Waals surface area contributed by atoms with Crippen molar-refractivity contribution in [3.63, 3.8) is 0 Å². The second-order valence-corrected chi connectivity index (χ2v) is 7.75. The quantitative estimate of drug-likeness (QED) is 0.633. The third-order valence-corrected chi connectivity index (χ3v) is 5.54. The fourth-order valence-corrected chi connectivity index (χ4v) is 4.51. The van der Waals surface area contributed by atoms with E-state index in [1.54, 1.807) is 19.9 Å².